The minimum absolute atomic E-state index is 0.775. The maximum atomic E-state index is 4.35. The van der Waals surface area contributed by atoms with Crippen LogP contribution in [0.4, 0.5) is 0 Å². The maximum Gasteiger partial charge on any atom is 0.122 e. The number of hydrogen-bond acceptors (Lipinski definition) is 3. The van der Waals surface area contributed by atoms with Crippen molar-refractivity contribution < 1.29 is 0 Å². The number of hydrogen-bond donors (Lipinski definition) is 1. The van der Waals surface area contributed by atoms with E-state index in [1.807, 2.05) is 24.7 Å². The second-order valence-electron chi connectivity index (χ2n) is 4.00. The Hall–Kier alpha value is -1.68. The summed E-state index contributed by atoms with van der Waals surface area (Å²) >= 11 is 0. The zero-order valence-corrected chi connectivity index (χ0v) is 10.3. The molecule has 4 heteroatoms. The van der Waals surface area contributed by atoms with E-state index in [1.165, 1.54) is 5.56 Å². The highest BCUT2D eigenvalue weighted by molar-refractivity contribution is 5.17. The van der Waals surface area contributed by atoms with Gasteiger partial charge in [-0.25, -0.2) is 4.98 Å². The molecule has 0 spiro atoms. The predicted octanol–water partition coefficient (Wildman–Crippen LogP) is 1.90. The largest absolute Gasteiger partial charge is 0.334 e. The molecule has 0 fully saturated rings. The van der Waals surface area contributed by atoms with Crippen LogP contribution in [0.2, 0.25) is 0 Å². The van der Waals surface area contributed by atoms with Crippen LogP contribution < -0.4 is 5.32 Å². The Labute approximate surface area is 102 Å². The SMILES string of the molecule is CCn1ccnc1CNCc1ncccc1C. The lowest BCUT2D eigenvalue weighted by atomic mass is 10.2. The molecule has 0 saturated carbocycles. The van der Waals surface area contributed by atoms with Gasteiger partial charge in [-0.1, -0.05) is 6.07 Å². The molecule has 1 N–H and O–H groups in total. The predicted molar refractivity (Wildman–Crippen MR) is 67.4 cm³/mol. The van der Waals surface area contributed by atoms with E-state index < -0.39 is 0 Å². The number of pyridine rings is 1. The molecule has 90 valence electrons. The second-order valence-corrected chi connectivity index (χ2v) is 4.00. The van der Waals surface area contributed by atoms with Crippen molar-refractivity contribution in [3.8, 4) is 0 Å². The minimum atomic E-state index is 0.775. The molecule has 2 heterocycles. The van der Waals surface area contributed by atoms with Gasteiger partial charge in [-0.05, 0) is 25.5 Å². The summed E-state index contributed by atoms with van der Waals surface area (Å²) in [6.07, 6.45) is 5.67. The van der Waals surface area contributed by atoms with E-state index in [1.54, 1.807) is 0 Å². The Morgan fingerprint density at radius 3 is 2.88 bits per heavy atom. The molecule has 2 rings (SSSR count). The summed E-state index contributed by atoms with van der Waals surface area (Å²) < 4.78 is 2.14. The topological polar surface area (TPSA) is 42.7 Å². The first-order valence-corrected chi connectivity index (χ1v) is 5.92. The number of nitrogens with zero attached hydrogens (tertiary/aromatic N) is 3. The first-order chi connectivity index (χ1) is 8.31. The van der Waals surface area contributed by atoms with E-state index >= 15 is 0 Å². The van der Waals surface area contributed by atoms with Crippen LogP contribution in [0.15, 0.2) is 30.7 Å². The van der Waals surface area contributed by atoms with E-state index in [4.69, 9.17) is 0 Å². The molecule has 2 aromatic heterocycles. The molecule has 0 aromatic carbocycles. The Morgan fingerprint density at radius 2 is 2.12 bits per heavy atom. The number of imidazole rings is 1. The fraction of sp³-hybridized carbons (Fsp3) is 0.385. The summed E-state index contributed by atoms with van der Waals surface area (Å²) in [5.74, 6) is 1.07. The lowest BCUT2D eigenvalue weighted by Gasteiger charge is -2.07. The first-order valence-electron chi connectivity index (χ1n) is 5.92. The summed E-state index contributed by atoms with van der Waals surface area (Å²) in [4.78, 5) is 8.67. The molecule has 4 nitrogen and oxygen atoms in total. The van der Waals surface area contributed by atoms with Gasteiger partial charge < -0.3 is 9.88 Å². The molecular weight excluding hydrogens is 212 g/mol. The molecule has 0 unspecified atom stereocenters. The molecule has 0 aliphatic rings. The van der Waals surface area contributed by atoms with Gasteiger partial charge in [0.05, 0.1) is 12.2 Å². The Bertz CT molecular complexity index is 476. The van der Waals surface area contributed by atoms with Crippen molar-refractivity contribution in [2.75, 3.05) is 0 Å². The molecule has 0 amide bonds. The van der Waals surface area contributed by atoms with Gasteiger partial charge in [0.15, 0.2) is 0 Å². The highest BCUT2D eigenvalue weighted by Crippen LogP contribution is 2.03. The molecule has 0 radical (unpaired) electrons. The third kappa shape index (κ3) is 2.91. The highest BCUT2D eigenvalue weighted by atomic mass is 15.1. The van der Waals surface area contributed by atoms with Crippen LogP contribution in [-0.2, 0) is 19.6 Å². The number of rotatable bonds is 5. The van der Waals surface area contributed by atoms with Crippen LogP contribution in [0.1, 0.15) is 24.0 Å². The van der Waals surface area contributed by atoms with Gasteiger partial charge in [-0.3, -0.25) is 4.98 Å². The highest BCUT2D eigenvalue weighted by Gasteiger charge is 2.02. The molecule has 0 atom stereocenters. The minimum Gasteiger partial charge on any atom is -0.334 e. The Morgan fingerprint density at radius 1 is 1.24 bits per heavy atom. The molecule has 2 aromatic rings. The van der Waals surface area contributed by atoms with Crippen molar-refractivity contribution in [3.63, 3.8) is 0 Å². The van der Waals surface area contributed by atoms with Gasteiger partial charge in [0.1, 0.15) is 5.82 Å². The number of aromatic nitrogens is 3. The van der Waals surface area contributed by atoms with Gasteiger partial charge in [0.2, 0.25) is 0 Å². The summed E-state index contributed by atoms with van der Waals surface area (Å²) in [5.41, 5.74) is 2.32. The van der Waals surface area contributed by atoms with Gasteiger partial charge in [-0.2, -0.15) is 0 Å². The normalized spacial score (nSPS) is 10.7. The summed E-state index contributed by atoms with van der Waals surface area (Å²) in [5, 5.41) is 3.37. The van der Waals surface area contributed by atoms with Crippen molar-refractivity contribution in [2.45, 2.75) is 33.5 Å². The fourth-order valence-electron chi connectivity index (χ4n) is 1.79. The average molecular weight is 230 g/mol. The first kappa shape index (κ1) is 11.8. The molecular formula is C13H18N4. The van der Waals surface area contributed by atoms with Gasteiger partial charge >= 0.3 is 0 Å². The van der Waals surface area contributed by atoms with Crippen LogP contribution in [0, 0.1) is 6.92 Å². The molecule has 17 heavy (non-hydrogen) atoms. The smallest absolute Gasteiger partial charge is 0.122 e. The maximum absolute atomic E-state index is 4.35. The van der Waals surface area contributed by atoms with E-state index in [0.29, 0.717) is 0 Å². The van der Waals surface area contributed by atoms with Crippen molar-refractivity contribution in [1.29, 1.82) is 0 Å². The molecule has 0 aliphatic heterocycles. The van der Waals surface area contributed by atoms with E-state index in [2.05, 4.69) is 39.8 Å². The third-order valence-electron chi connectivity index (χ3n) is 2.84. The molecule has 0 bridgehead atoms. The van der Waals surface area contributed by atoms with E-state index in [-0.39, 0.29) is 0 Å². The fourth-order valence-corrected chi connectivity index (χ4v) is 1.79. The van der Waals surface area contributed by atoms with Gasteiger partial charge in [0, 0.05) is 31.7 Å². The quantitative estimate of drug-likeness (QED) is 0.853. The van der Waals surface area contributed by atoms with Crippen LogP contribution in [0.3, 0.4) is 0 Å². The number of nitrogens with one attached hydrogen (secondary N) is 1. The lowest BCUT2D eigenvalue weighted by Crippen LogP contribution is -2.17. The second kappa shape index (κ2) is 5.59. The van der Waals surface area contributed by atoms with E-state index in [9.17, 15) is 0 Å². The van der Waals surface area contributed by atoms with Crippen LogP contribution in [0.25, 0.3) is 0 Å². The van der Waals surface area contributed by atoms with E-state index in [0.717, 1.165) is 31.2 Å². The van der Waals surface area contributed by atoms with Crippen molar-refractivity contribution >= 4 is 0 Å². The van der Waals surface area contributed by atoms with Gasteiger partial charge in [0.25, 0.3) is 0 Å². The zero-order chi connectivity index (χ0) is 12.1. The Kier molecular flexibility index (Phi) is 3.88. The Balaban J connectivity index is 1.90. The zero-order valence-electron chi connectivity index (χ0n) is 10.3. The number of aryl methyl sites for hydroxylation is 2. The lowest BCUT2D eigenvalue weighted by molar-refractivity contribution is 0.606. The molecule has 0 saturated heterocycles. The standard InChI is InChI=1S/C13H18N4/c1-3-17-8-7-16-13(17)10-14-9-12-11(2)5-4-6-15-12/h4-8,14H,3,9-10H2,1-2H3. The van der Waals surface area contributed by atoms with Crippen LogP contribution >= 0.6 is 0 Å². The van der Waals surface area contributed by atoms with Crippen LogP contribution in [-0.4, -0.2) is 14.5 Å². The molecule has 0 aliphatic carbocycles. The summed E-state index contributed by atoms with van der Waals surface area (Å²) in [6.45, 7) is 6.71. The third-order valence-corrected chi connectivity index (χ3v) is 2.84. The van der Waals surface area contributed by atoms with Crippen molar-refractivity contribution in [2.24, 2.45) is 0 Å². The van der Waals surface area contributed by atoms with Crippen molar-refractivity contribution in [3.05, 3.63) is 47.8 Å². The average Bonchev–Trinajstić information content (AvgIpc) is 2.79. The monoisotopic (exact) mass is 230 g/mol. The summed E-state index contributed by atoms with van der Waals surface area (Å²) in [6, 6.07) is 4.04. The summed E-state index contributed by atoms with van der Waals surface area (Å²) in [7, 11) is 0. The van der Waals surface area contributed by atoms with Crippen molar-refractivity contribution in [1.82, 2.24) is 19.9 Å². The van der Waals surface area contributed by atoms with Gasteiger partial charge in [-0.15, -0.1) is 0 Å². The van der Waals surface area contributed by atoms with Crippen LogP contribution in [0.5, 0.6) is 0 Å².